The Morgan fingerprint density at radius 1 is 1.22 bits per heavy atom. The Hall–Kier alpha value is -0.220. The Balaban J connectivity index is 1.92. The maximum atomic E-state index is 14.1. The number of likely N-dealkylation sites (tertiary alicyclic amines) is 2. The van der Waals surface area contributed by atoms with E-state index >= 15 is 0 Å². The first-order valence-corrected chi connectivity index (χ1v) is 7.19. The Kier molecular flexibility index (Phi) is 4.27. The molecule has 0 spiro atoms. The van der Waals surface area contributed by atoms with Crippen molar-refractivity contribution in [3.05, 3.63) is 0 Å². The normalized spacial score (nSPS) is 34.3. The molecule has 106 valence electrons. The minimum Gasteiger partial charge on any atom is -0.300 e. The molecule has 2 fully saturated rings. The molecule has 4 heteroatoms. The molecule has 2 aliphatic heterocycles. The predicted molar refractivity (Wildman–Crippen MR) is 70.0 cm³/mol. The molecule has 2 saturated heterocycles. The number of rotatable bonds is 3. The quantitative estimate of drug-likeness (QED) is 0.770. The van der Waals surface area contributed by atoms with Gasteiger partial charge in [0.05, 0.1) is 12.6 Å². The average Bonchev–Trinajstić information content (AvgIpc) is 2.63. The molecule has 0 bridgehead atoms. The van der Waals surface area contributed by atoms with Gasteiger partial charge in [-0.05, 0) is 51.2 Å². The van der Waals surface area contributed by atoms with Gasteiger partial charge in [0.25, 0.3) is 5.92 Å². The monoisotopic (exact) mass is 260 g/mol. The summed E-state index contributed by atoms with van der Waals surface area (Å²) in [6, 6.07) is -0.522. The highest BCUT2D eigenvalue weighted by molar-refractivity contribution is 4.95. The molecule has 2 rings (SSSR count). The first-order valence-electron chi connectivity index (χ1n) is 7.19. The summed E-state index contributed by atoms with van der Waals surface area (Å²) in [7, 11) is 1.79. The SMILES string of the molecule is CC(C)CC1CCN(C2CCN(C)CC2(F)F)C1. The summed E-state index contributed by atoms with van der Waals surface area (Å²) in [5.41, 5.74) is 0. The van der Waals surface area contributed by atoms with Gasteiger partial charge in [-0.25, -0.2) is 8.78 Å². The van der Waals surface area contributed by atoms with E-state index in [-0.39, 0.29) is 6.54 Å². The van der Waals surface area contributed by atoms with Gasteiger partial charge < -0.3 is 4.90 Å². The molecule has 2 atom stereocenters. The summed E-state index contributed by atoms with van der Waals surface area (Å²) >= 11 is 0. The number of hydrogen-bond acceptors (Lipinski definition) is 2. The molecule has 0 aromatic carbocycles. The summed E-state index contributed by atoms with van der Waals surface area (Å²) < 4.78 is 28.2. The first kappa shape index (κ1) is 14.2. The highest BCUT2D eigenvalue weighted by Crippen LogP contribution is 2.35. The molecule has 0 radical (unpaired) electrons. The zero-order chi connectivity index (χ0) is 13.3. The summed E-state index contributed by atoms with van der Waals surface area (Å²) in [5, 5.41) is 0. The van der Waals surface area contributed by atoms with Gasteiger partial charge >= 0.3 is 0 Å². The van der Waals surface area contributed by atoms with Gasteiger partial charge in [0.2, 0.25) is 0 Å². The van der Waals surface area contributed by atoms with Gasteiger partial charge in [-0.2, -0.15) is 0 Å². The van der Waals surface area contributed by atoms with Crippen LogP contribution in [0.3, 0.4) is 0 Å². The Morgan fingerprint density at radius 3 is 2.56 bits per heavy atom. The van der Waals surface area contributed by atoms with Gasteiger partial charge in [-0.1, -0.05) is 13.8 Å². The number of alkyl halides is 2. The first-order chi connectivity index (χ1) is 8.38. The van der Waals surface area contributed by atoms with E-state index in [1.807, 2.05) is 0 Å². The number of piperidine rings is 1. The molecular formula is C14H26F2N2. The van der Waals surface area contributed by atoms with E-state index in [1.165, 1.54) is 6.42 Å². The lowest BCUT2D eigenvalue weighted by Gasteiger charge is -2.41. The van der Waals surface area contributed by atoms with Crippen LogP contribution in [0.4, 0.5) is 8.78 Å². The van der Waals surface area contributed by atoms with Crippen molar-refractivity contribution in [3.63, 3.8) is 0 Å². The van der Waals surface area contributed by atoms with Crippen molar-refractivity contribution < 1.29 is 8.78 Å². The minimum atomic E-state index is -2.54. The van der Waals surface area contributed by atoms with Crippen LogP contribution in [0.15, 0.2) is 0 Å². The molecule has 0 saturated carbocycles. The van der Waals surface area contributed by atoms with Crippen LogP contribution in [0.1, 0.15) is 33.1 Å². The average molecular weight is 260 g/mol. The van der Waals surface area contributed by atoms with Gasteiger partial charge in [0.15, 0.2) is 0 Å². The Morgan fingerprint density at radius 2 is 1.94 bits per heavy atom. The Bertz CT molecular complexity index is 281. The number of nitrogens with zero attached hydrogens (tertiary/aromatic N) is 2. The molecule has 2 unspecified atom stereocenters. The van der Waals surface area contributed by atoms with Gasteiger partial charge in [-0.15, -0.1) is 0 Å². The van der Waals surface area contributed by atoms with Gasteiger partial charge in [0.1, 0.15) is 0 Å². The fraction of sp³-hybridized carbons (Fsp3) is 1.00. The molecule has 0 N–H and O–H groups in total. The van der Waals surface area contributed by atoms with E-state index in [1.54, 1.807) is 11.9 Å². The molecule has 0 amide bonds. The summed E-state index contributed by atoms with van der Waals surface area (Å²) in [6.07, 6.45) is 2.88. The van der Waals surface area contributed by atoms with Crippen LogP contribution in [0.25, 0.3) is 0 Å². The van der Waals surface area contributed by atoms with Gasteiger partial charge in [-0.3, -0.25) is 4.90 Å². The maximum absolute atomic E-state index is 14.1. The zero-order valence-corrected chi connectivity index (χ0v) is 11.8. The van der Waals surface area contributed by atoms with Crippen LogP contribution < -0.4 is 0 Å². The fourth-order valence-electron chi connectivity index (χ4n) is 3.55. The molecule has 2 aliphatic rings. The molecule has 0 aromatic rings. The van der Waals surface area contributed by atoms with E-state index in [4.69, 9.17) is 0 Å². The van der Waals surface area contributed by atoms with E-state index < -0.39 is 12.0 Å². The second-order valence-electron chi connectivity index (χ2n) is 6.58. The zero-order valence-electron chi connectivity index (χ0n) is 11.8. The van der Waals surface area contributed by atoms with Crippen molar-refractivity contribution in [1.82, 2.24) is 9.80 Å². The predicted octanol–water partition coefficient (Wildman–Crippen LogP) is 2.69. The van der Waals surface area contributed by atoms with Crippen LogP contribution in [0.2, 0.25) is 0 Å². The van der Waals surface area contributed by atoms with Crippen molar-refractivity contribution >= 4 is 0 Å². The molecule has 0 aliphatic carbocycles. The second kappa shape index (κ2) is 5.41. The van der Waals surface area contributed by atoms with Crippen molar-refractivity contribution in [2.45, 2.75) is 45.1 Å². The van der Waals surface area contributed by atoms with Crippen LogP contribution in [0, 0.1) is 11.8 Å². The second-order valence-corrected chi connectivity index (χ2v) is 6.58. The standard InChI is InChI=1S/C14H26F2N2/c1-11(2)8-12-4-7-18(9-12)13-5-6-17(3)10-14(13,15)16/h11-13H,4-10H2,1-3H3. The summed E-state index contributed by atoms with van der Waals surface area (Å²) in [4.78, 5) is 3.80. The number of halogens is 2. The largest absolute Gasteiger partial charge is 0.300 e. The van der Waals surface area contributed by atoms with Crippen molar-refractivity contribution in [2.24, 2.45) is 11.8 Å². The lowest BCUT2D eigenvalue weighted by molar-refractivity contribution is -0.118. The van der Waals surface area contributed by atoms with Crippen molar-refractivity contribution in [2.75, 3.05) is 33.2 Å². The lowest BCUT2D eigenvalue weighted by Crippen LogP contribution is -2.57. The van der Waals surface area contributed by atoms with Crippen LogP contribution in [-0.2, 0) is 0 Å². The Labute approximate surface area is 109 Å². The highest BCUT2D eigenvalue weighted by Gasteiger charge is 2.47. The third-order valence-corrected chi connectivity index (χ3v) is 4.32. The third-order valence-electron chi connectivity index (χ3n) is 4.32. The van der Waals surface area contributed by atoms with E-state index in [0.29, 0.717) is 18.3 Å². The van der Waals surface area contributed by atoms with Crippen molar-refractivity contribution in [3.8, 4) is 0 Å². The minimum absolute atomic E-state index is 0.0803. The molecule has 2 nitrogen and oxygen atoms in total. The molecule has 0 aromatic heterocycles. The van der Waals surface area contributed by atoms with E-state index in [0.717, 1.165) is 26.1 Å². The van der Waals surface area contributed by atoms with Gasteiger partial charge in [0, 0.05) is 6.54 Å². The number of hydrogen-bond donors (Lipinski definition) is 0. The topological polar surface area (TPSA) is 6.48 Å². The van der Waals surface area contributed by atoms with Crippen LogP contribution in [0.5, 0.6) is 0 Å². The van der Waals surface area contributed by atoms with E-state index in [2.05, 4.69) is 18.7 Å². The molecule has 18 heavy (non-hydrogen) atoms. The van der Waals surface area contributed by atoms with Crippen LogP contribution in [-0.4, -0.2) is 55.0 Å². The summed E-state index contributed by atoms with van der Waals surface area (Å²) in [6.45, 7) is 6.89. The smallest absolute Gasteiger partial charge is 0.275 e. The lowest BCUT2D eigenvalue weighted by atomic mass is 9.96. The van der Waals surface area contributed by atoms with Crippen LogP contribution >= 0.6 is 0 Å². The molecular weight excluding hydrogens is 234 g/mol. The summed E-state index contributed by atoms with van der Waals surface area (Å²) in [5.74, 6) is -1.24. The molecule has 2 heterocycles. The highest BCUT2D eigenvalue weighted by atomic mass is 19.3. The third kappa shape index (κ3) is 3.21. The fourth-order valence-corrected chi connectivity index (χ4v) is 3.55. The van der Waals surface area contributed by atoms with E-state index in [9.17, 15) is 8.78 Å². The van der Waals surface area contributed by atoms with Crippen molar-refractivity contribution in [1.29, 1.82) is 0 Å². The maximum Gasteiger partial charge on any atom is 0.275 e.